The summed E-state index contributed by atoms with van der Waals surface area (Å²) in [4.78, 5) is 13.1. The number of ketones is 1. The molecule has 2 unspecified atom stereocenters. The van der Waals surface area contributed by atoms with Crippen LogP contribution >= 0.6 is 11.6 Å². The number of hydrogen-bond donors (Lipinski definition) is 2. The van der Waals surface area contributed by atoms with Crippen LogP contribution < -0.4 is 27.6 Å². The fourth-order valence-corrected chi connectivity index (χ4v) is 4.41. The zero-order valence-corrected chi connectivity index (χ0v) is 16.9. The predicted octanol–water partition coefficient (Wildman–Crippen LogP) is -9.37. The van der Waals surface area contributed by atoms with Crippen molar-refractivity contribution in [3.05, 3.63) is 10.6 Å². The SMILES string of the molecule is Bc1c(B)c(B)c(C2(N)CC(B)(B)C(B)(B)C(O)C2=O)c(Cl)c1B. The van der Waals surface area contributed by atoms with Crippen LogP contribution in [0, 0.1) is 0 Å². The number of aliphatic hydroxyl groups excluding tert-OH is 1. The molecule has 1 aliphatic rings. The van der Waals surface area contributed by atoms with Gasteiger partial charge in [-0.3, -0.25) is 4.79 Å². The van der Waals surface area contributed by atoms with Crippen LogP contribution in [0.4, 0.5) is 0 Å². The molecular weight excluding hydrogens is 312 g/mol. The molecule has 24 heavy (non-hydrogen) atoms. The van der Waals surface area contributed by atoms with E-state index >= 15 is 0 Å². The van der Waals surface area contributed by atoms with Crippen LogP contribution in [0.1, 0.15) is 12.0 Å². The summed E-state index contributed by atoms with van der Waals surface area (Å²) in [5.74, 6) is -0.334. The molecule has 0 bridgehead atoms. The lowest BCUT2D eigenvalue weighted by Gasteiger charge is -2.55. The zero-order chi connectivity index (χ0) is 18.8. The summed E-state index contributed by atoms with van der Waals surface area (Å²) in [7, 11) is 15.9. The van der Waals surface area contributed by atoms with Gasteiger partial charge in [0.15, 0.2) is 5.78 Å². The van der Waals surface area contributed by atoms with E-state index in [0.29, 0.717) is 17.0 Å². The Hall–Kier alpha value is -0.381. The molecule has 0 amide bonds. The Bertz CT molecular complexity index is 711. The maximum Gasteiger partial charge on any atom is 0.184 e. The summed E-state index contributed by atoms with van der Waals surface area (Å²) in [5, 5.41) is 10.4. The molecule has 2 atom stereocenters. The second kappa shape index (κ2) is 5.82. The van der Waals surface area contributed by atoms with Crippen molar-refractivity contribution in [1.29, 1.82) is 0 Å². The molecule has 1 aromatic rings. The summed E-state index contributed by atoms with van der Waals surface area (Å²) in [6.07, 6.45) is -0.672. The minimum Gasteiger partial charge on any atom is -0.386 e. The number of carbonyl (C=O) groups excluding carboxylic acids is 1. The van der Waals surface area contributed by atoms with Crippen LogP contribution in [0.3, 0.4) is 0 Å². The summed E-state index contributed by atoms with van der Waals surface area (Å²) < 4.78 is 0. The van der Waals surface area contributed by atoms with Crippen molar-refractivity contribution < 1.29 is 9.90 Å². The topological polar surface area (TPSA) is 63.3 Å². The third-order valence-electron chi connectivity index (χ3n) is 6.89. The summed E-state index contributed by atoms with van der Waals surface area (Å²) in [6.45, 7) is 0. The second-order valence-corrected chi connectivity index (χ2v) is 9.09. The van der Waals surface area contributed by atoms with E-state index in [2.05, 4.69) is 15.7 Å². The lowest BCUT2D eigenvalue weighted by atomic mass is 9.24. The molecule has 12 heteroatoms. The molecule has 0 saturated heterocycles. The molecule has 3 N–H and O–H groups in total. The highest BCUT2D eigenvalue weighted by Crippen LogP contribution is 2.56. The summed E-state index contributed by atoms with van der Waals surface area (Å²) in [6, 6.07) is 0. The van der Waals surface area contributed by atoms with Gasteiger partial charge >= 0.3 is 0 Å². The Balaban J connectivity index is 2.80. The van der Waals surface area contributed by atoms with E-state index in [-0.39, 0.29) is 11.0 Å². The summed E-state index contributed by atoms with van der Waals surface area (Å²) >= 11 is 6.66. The van der Waals surface area contributed by atoms with Gasteiger partial charge in [-0.05, 0) is 12.0 Å². The molecule has 0 radical (unpaired) electrons. The quantitative estimate of drug-likeness (QED) is 0.502. The van der Waals surface area contributed by atoms with Crippen LogP contribution in [0.25, 0.3) is 0 Å². The minimum atomic E-state index is -1.27. The number of carbonyl (C=O) groups is 1. The van der Waals surface area contributed by atoms with E-state index in [1.807, 2.05) is 47.1 Å². The standard InChI is InChI=1S/C12H22B8ClNO2/c13-3-2(7(21)6(16)5(15)4(3)14)10(22)1-11(17,18)12(19,20)9(24)8(10)23/h9,24H,1,13-20,22H2. The van der Waals surface area contributed by atoms with Crippen molar-refractivity contribution in [3.8, 4) is 0 Å². The van der Waals surface area contributed by atoms with E-state index in [1.165, 1.54) is 0 Å². The van der Waals surface area contributed by atoms with Gasteiger partial charge in [0.25, 0.3) is 0 Å². The number of nitrogens with two attached hydrogens (primary N) is 1. The van der Waals surface area contributed by atoms with E-state index < -0.39 is 16.9 Å². The molecule has 0 heterocycles. The van der Waals surface area contributed by atoms with Gasteiger partial charge in [-0.2, -0.15) is 0 Å². The van der Waals surface area contributed by atoms with Gasteiger partial charge in [-0.25, -0.2) is 0 Å². The van der Waals surface area contributed by atoms with Crippen LogP contribution in [-0.4, -0.2) is 79.8 Å². The minimum absolute atomic E-state index is 0.322. The van der Waals surface area contributed by atoms with Crippen LogP contribution in [0.15, 0.2) is 0 Å². The molecule has 1 aromatic carbocycles. The first-order valence-electron chi connectivity index (χ1n) is 8.47. The maximum absolute atomic E-state index is 13.1. The van der Waals surface area contributed by atoms with Crippen molar-refractivity contribution in [2.45, 2.75) is 28.5 Å². The number of halogens is 1. The Morgan fingerprint density at radius 2 is 1.46 bits per heavy atom. The third-order valence-corrected chi connectivity index (χ3v) is 7.37. The lowest BCUT2D eigenvalue weighted by molar-refractivity contribution is -0.137. The van der Waals surface area contributed by atoms with Crippen molar-refractivity contribution in [2.75, 3.05) is 0 Å². The smallest absolute Gasteiger partial charge is 0.184 e. The van der Waals surface area contributed by atoms with Crippen LogP contribution in [0.5, 0.6) is 0 Å². The molecule has 118 valence electrons. The Morgan fingerprint density at radius 1 is 1.00 bits per heavy atom. The van der Waals surface area contributed by atoms with Gasteiger partial charge in [-0.15, -0.1) is 10.9 Å². The fraction of sp³-hybridized carbons (Fsp3) is 0.417. The fourth-order valence-electron chi connectivity index (χ4n) is 3.96. The van der Waals surface area contributed by atoms with Crippen molar-refractivity contribution in [3.63, 3.8) is 0 Å². The third kappa shape index (κ3) is 2.50. The van der Waals surface area contributed by atoms with Crippen molar-refractivity contribution in [1.82, 2.24) is 0 Å². The largest absolute Gasteiger partial charge is 0.386 e. The number of Topliss-reactive ketones (excluding diaryl/α,β-unsaturated/α-hetero) is 1. The van der Waals surface area contributed by atoms with Crippen LogP contribution in [0.2, 0.25) is 15.5 Å². The highest BCUT2D eigenvalue weighted by atomic mass is 35.5. The molecule has 0 aromatic heterocycles. The number of rotatable bonds is 1. The molecule has 3 nitrogen and oxygen atoms in total. The molecule has 2 rings (SSSR count). The lowest BCUT2D eigenvalue weighted by Crippen LogP contribution is -2.66. The highest BCUT2D eigenvalue weighted by molar-refractivity contribution is 6.66. The first-order valence-corrected chi connectivity index (χ1v) is 8.85. The van der Waals surface area contributed by atoms with E-state index in [1.54, 1.807) is 0 Å². The number of hydrogen-bond acceptors (Lipinski definition) is 3. The van der Waals surface area contributed by atoms with E-state index in [9.17, 15) is 9.90 Å². The number of aliphatic hydroxyl groups is 1. The van der Waals surface area contributed by atoms with Gasteiger partial charge in [0.2, 0.25) is 0 Å². The number of benzene rings is 1. The van der Waals surface area contributed by atoms with Gasteiger partial charge in [-0.1, -0.05) is 33.0 Å². The average Bonchev–Trinajstić information content (AvgIpc) is 2.47. The Labute approximate surface area is 156 Å². The molecule has 1 fully saturated rings. The highest BCUT2D eigenvalue weighted by Gasteiger charge is 2.58. The summed E-state index contributed by atoms with van der Waals surface area (Å²) in [5.41, 5.74) is 10.2. The molecule has 1 aliphatic carbocycles. The van der Waals surface area contributed by atoms with Gasteiger partial charge in [0.05, 0.1) is 15.7 Å². The van der Waals surface area contributed by atoms with E-state index in [0.717, 1.165) is 21.9 Å². The zero-order valence-electron chi connectivity index (χ0n) is 16.1. The maximum atomic E-state index is 13.1. The Kier molecular flexibility index (Phi) is 4.84. The monoisotopic (exact) mass is 335 g/mol. The van der Waals surface area contributed by atoms with Gasteiger partial charge in [0.1, 0.15) is 58.7 Å². The molecule has 1 saturated carbocycles. The average molecular weight is 334 g/mol. The Morgan fingerprint density at radius 3 is 1.96 bits per heavy atom. The normalized spacial score (nSPS) is 28.6. The first kappa shape index (κ1) is 19.9. The second-order valence-electron chi connectivity index (χ2n) is 8.71. The van der Waals surface area contributed by atoms with E-state index in [4.69, 9.17) is 17.3 Å². The van der Waals surface area contributed by atoms with Gasteiger partial charge in [0, 0.05) is 5.02 Å². The first-order chi connectivity index (χ1) is 10.7. The van der Waals surface area contributed by atoms with Gasteiger partial charge < -0.3 is 10.8 Å². The van der Waals surface area contributed by atoms with Crippen molar-refractivity contribution in [2.24, 2.45) is 5.73 Å². The predicted molar refractivity (Wildman–Crippen MR) is 125 cm³/mol. The molecule has 0 spiro atoms. The van der Waals surface area contributed by atoms with Crippen molar-refractivity contribution >= 4 is 102 Å². The van der Waals surface area contributed by atoms with Crippen LogP contribution in [-0.2, 0) is 10.3 Å². The molecule has 0 aliphatic heterocycles. The molecular formula is C12H22B8ClNO2.